The number of ketones is 1. The highest BCUT2D eigenvalue weighted by Gasteiger charge is 2.45. The van der Waals surface area contributed by atoms with Crippen molar-refractivity contribution in [2.45, 2.75) is 52.2 Å². The van der Waals surface area contributed by atoms with Gasteiger partial charge in [0.1, 0.15) is 16.9 Å². The predicted octanol–water partition coefficient (Wildman–Crippen LogP) is 3.18. The van der Waals surface area contributed by atoms with Gasteiger partial charge in [-0.15, -0.1) is 0 Å². The smallest absolute Gasteiger partial charge is 0.254 e. The number of benzene rings is 1. The first-order valence-corrected chi connectivity index (χ1v) is 10.5. The summed E-state index contributed by atoms with van der Waals surface area (Å²) in [5.74, 6) is 0.397. The molecule has 0 atom stereocenters. The van der Waals surface area contributed by atoms with Crippen molar-refractivity contribution in [2.75, 3.05) is 13.1 Å². The van der Waals surface area contributed by atoms with Crippen LogP contribution in [0.25, 0.3) is 11.0 Å². The number of nitrogens with one attached hydrogen (secondary N) is 1. The van der Waals surface area contributed by atoms with Crippen LogP contribution in [0.4, 0.5) is 4.39 Å². The van der Waals surface area contributed by atoms with Crippen LogP contribution in [0.5, 0.6) is 5.75 Å². The van der Waals surface area contributed by atoms with Crippen LogP contribution < -0.4 is 4.74 Å². The number of amides is 1. The lowest BCUT2D eigenvalue weighted by Crippen LogP contribution is -2.52. The van der Waals surface area contributed by atoms with Crippen LogP contribution in [0.1, 0.15) is 58.6 Å². The molecular weight excluding hydrogens is 401 g/mol. The number of aromatic amines is 1. The van der Waals surface area contributed by atoms with Crippen molar-refractivity contribution in [3.8, 4) is 5.75 Å². The van der Waals surface area contributed by atoms with E-state index in [1.807, 2.05) is 13.8 Å². The molecule has 2 aliphatic heterocycles. The fourth-order valence-electron chi connectivity index (χ4n) is 4.67. The van der Waals surface area contributed by atoms with E-state index in [-0.39, 0.29) is 29.2 Å². The van der Waals surface area contributed by atoms with Crippen LogP contribution >= 0.6 is 0 Å². The van der Waals surface area contributed by atoms with E-state index in [1.165, 1.54) is 6.07 Å². The van der Waals surface area contributed by atoms with E-state index < -0.39 is 11.4 Å². The Bertz CT molecular complexity index is 1220. The summed E-state index contributed by atoms with van der Waals surface area (Å²) < 4.78 is 22.5. The molecule has 0 saturated carbocycles. The zero-order valence-corrected chi connectivity index (χ0v) is 17.8. The molecular formula is C22H24FN5O3. The van der Waals surface area contributed by atoms with Crippen LogP contribution in [0.2, 0.25) is 0 Å². The van der Waals surface area contributed by atoms with Crippen molar-refractivity contribution in [2.24, 2.45) is 0 Å². The van der Waals surface area contributed by atoms with Crippen molar-refractivity contribution >= 4 is 22.7 Å². The molecule has 8 nitrogen and oxygen atoms in total. The largest absolute Gasteiger partial charge is 0.482 e. The molecule has 2 aliphatic rings. The number of aromatic nitrogens is 4. The Balaban J connectivity index is 1.35. The van der Waals surface area contributed by atoms with Crippen molar-refractivity contribution in [3.63, 3.8) is 0 Å². The summed E-state index contributed by atoms with van der Waals surface area (Å²) in [6.07, 6.45) is 1.33. The molecule has 162 valence electrons. The lowest BCUT2D eigenvalue weighted by Gasteiger charge is -2.43. The summed E-state index contributed by atoms with van der Waals surface area (Å²) in [7, 11) is 0. The highest BCUT2D eigenvalue weighted by molar-refractivity contribution is 5.99. The lowest BCUT2D eigenvalue weighted by atomic mass is 9.83. The summed E-state index contributed by atoms with van der Waals surface area (Å²) in [6.45, 7) is 7.16. The molecule has 5 rings (SSSR count). The minimum atomic E-state index is -0.622. The number of Topliss-reactive ketones (excluding diaryl/α,β-unsaturated/α-hetero) is 1. The molecule has 31 heavy (non-hydrogen) atoms. The lowest BCUT2D eigenvalue weighted by molar-refractivity contribution is -0.00629. The molecule has 1 N–H and O–H groups in total. The molecule has 3 aromatic rings. The number of nitrogens with zero attached hydrogens (tertiary/aromatic N) is 4. The van der Waals surface area contributed by atoms with Crippen LogP contribution in [-0.2, 0) is 6.54 Å². The fourth-order valence-corrected chi connectivity index (χ4v) is 4.67. The number of ether oxygens (including phenoxy) is 1. The highest BCUT2D eigenvalue weighted by atomic mass is 19.1. The molecule has 1 spiro atoms. The first-order valence-electron chi connectivity index (χ1n) is 10.5. The second-order valence-electron chi connectivity index (χ2n) is 8.43. The van der Waals surface area contributed by atoms with Crippen molar-refractivity contribution in [3.05, 3.63) is 40.7 Å². The number of piperidine rings is 1. The van der Waals surface area contributed by atoms with Gasteiger partial charge in [-0.1, -0.05) is 0 Å². The van der Waals surface area contributed by atoms with Crippen molar-refractivity contribution < 1.29 is 18.7 Å². The third-order valence-electron chi connectivity index (χ3n) is 6.38. The van der Waals surface area contributed by atoms with E-state index in [2.05, 4.69) is 15.1 Å². The van der Waals surface area contributed by atoms with Gasteiger partial charge < -0.3 is 14.6 Å². The minimum Gasteiger partial charge on any atom is -0.482 e. The zero-order chi connectivity index (χ0) is 21.9. The normalized spacial score (nSPS) is 17.8. The molecule has 0 unspecified atom stereocenters. The number of likely N-dealkylation sites (tertiary alicyclic amines) is 1. The molecule has 1 fully saturated rings. The van der Waals surface area contributed by atoms with E-state index in [0.29, 0.717) is 55.3 Å². The van der Waals surface area contributed by atoms with Gasteiger partial charge in [0.25, 0.3) is 5.91 Å². The number of carbonyl (C=O) groups is 2. The standard InChI is InChI=1S/C22H24FN5O3/c1-4-28-12(2)20-19(26-28)17(29)11-22(31-20)5-7-27(8-6-22)21(30)14-9-15(23)18-16(10-14)24-13(3)25-18/h9-10H,4-8,11H2,1-3H3,(H,24,25). The minimum absolute atomic E-state index is 0.0153. The van der Waals surface area contributed by atoms with Crippen molar-refractivity contribution in [1.29, 1.82) is 0 Å². The molecule has 1 saturated heterocycles. The van der Waals surface area contributed by atoms with Gasteiger partial charge in [0.15, 0.2) is 23.0 Å². The average molecular weight is 425 g/mol. The molecule has 1 aromatic carbocycles. The first-order chi connectivity index (χ1) is 14.8. The Hall–Kier alpha value is -3.23. The number of hydrogen-bond donors (Lipinski definition) is 1. The topological polar surface area (TPSA) is 93.1 Å². The number of halogens is 1. The highest BCUT2D eigenvalue weighted by Crippen LogP contribution is 2.41. The Labute approximate surface area is 178 Å². The van der Waals surface area contributed by atoms with Crippen LogP contribution in [0, 0.1) is 19.7 Å². The Morgan fingerprint density at radius 3 is 2.74 bits per heavy atom. The van der Waals surface area contributed by atoms with Crippen molar-refractivity contribution in [1.82, 2.24) is 24.6 Å². The van der Waals surface area contributed by atoms with Gasteiger partial charge in [-0.3, -0.25) is 14.3 Å². The predicted molar refractivity (Wildman–Crippen MR) is 111 cm³/mol. The monoisotopic (exact) mass is 425 g/mol. The van der Waals surface area contributed by atoms with Gasteiger partial charge in [-0.2, -0.15) is 5.10 Å². The van der Waals surface area contributed by atoms with E-state index >= 15 is 0 Å². The molecule has 9 heteroatoms. The van der Waals surface area contributed by atoms with E-state index in [4.69, 9.17) is 4.74 Å². The SMILES string of the molecule is CCn1nc2c(c1C)OC1(CCN(C(=O)c3cc(F)c4nc(C)[nH]c4c3)CC1)CC2=O. The van der Waals surface area contributed by atoms with Crippen LogP contribution in [0.3, 0.4) is 0 Å². The number of H-pyrrole nitrogens is 1. The number of fused-ring (bicyclic) bond motifs is 2. The van der Waals surface area contributed by atoms with Gasteiger partial charge in [-0.05, 0) is 32.9 Å². The van der Waals surface area contributed by atoms with Gasteiger partial charge in [0.2, 0.25) is 0 Å². The van der Waals surface area contributed by atoms with Gasteiger partial charge in [0.05, 0.1) is 17.6 Å². The fraction of sp³-hybridized carbons (Fsp3) is 0.455. The van der Waals surface area contributed by atoms with Gasteiger partial charge in [0, 0.05) is 38.0 Å². The molecule has 0 bridgehead atoms. The quantitative estimate of drug-likeness (QED) is 0.681. The maximum atomic E-state index is 14.4. The maximum absolute atomic E-state index is 14.4. The molecule has 0 aliphatic carbocycles. The molecule has 0 radical (unpaired) electrons. The van der Waals surface area contributed by atoms with Gasteiger partial charge >= 0.3 is 0 Å². The maximum Gasteiger partial charge on any atom is 0.254 e. The zero-order valence-electron chi connectivity index (χ0n) is 17.8. The third kappa shape index (κ3) is 3.10. The van der Waals surface area contributed by atoms with Crippen LogP contribution in [-0.4, -0.2) is 55.0 Å². The number of imidazole rings is 1. The van der Waals surface area contributed by atoms with E-state index in [9.17, 15) is 14.0 Å². The average Bonchev–Trinajstić information content (AvgIpc) is 3.28. The summed E-state index contributed by atoms with van der Waals surface area (Å²) in [5.41, 5.74) is 1.66. The van der Waals surface area contributed by atoms with Gasteiger partial charge in [-0.25, -0.2) is 9.37 Å². The number of hydrogen-bond acceptors (Lipinski definition) is 5. The van der Waals surface area contributed by atoms with Crippen LogP contribution in [0.15, 0.2) is 12.1 Å². The first kappa shape index (κ1) is 19.7. The molecule has 4 heterocycles. The van der Waals surface area contributed by atoms with E-state index in [0.717, 1.165) is 5.69 Å². The summed E-state index contributed by atoms with van der Waals surface area (Å²) in [4.78, 5) is 34.6. The third-order valence-corrected chi connectivity index (χ3v) is 6.38. The summed E-state index contributed by atoms with van der Waals surface area (Å²) >= 11 is 0. The molecule has 1 amide bonds. The Morgan fingerprint density at radius 2 is 2.03 bits per heavy atom. The number of aryl methyl sites for hydroxylation is 2. The summed E-state index contributed by atoms with van der Waals surface area (Å²) in [6, 6.07) is 2.88. The second kappa shape index (κ2) is 6.90. The molecule has 2 aromatic heterocycles. The second-order valence-corrected chi connectivity index (χ2v) is 8.43. The number of rotatable bonds is 2. The Morgan fingerprint density at radius 1 is 1.29 bits per heavy atom. The summed E-state index contributed by atoms with van der Waals surface area (Å²) in [5, 5.41) is 4.38. The number of carbonyl (C=O) groups excluding carboxylic acids is 2. The Kier molecular flexibility index (Phi) is 4.39. The van der Waals surface area contributed by atoms with E-state index in [1.54, 1.807) is 22.6 Å².